The zero-order chi connectivity index (χ0) is 28.6. The second-order valence-corrected chi connectivity index (χ2v) is 11.1. The van der Waals surface area contributed by atoms with Crippen molar-refractivity contribution in [2.45, 2.75) is 84.0 Å². The van der Waals surface area contributed by atoms with Crippen molar-refractivity contribution in [1.82, 2.24) is 0 Å². The fourth-order valence-electron chi connectivity index (χ4n) is 6.35. The van der Waals surface area contributed by atoms with Gasteiger partial charge >= 0.3 is 0 Å². The van der Waals surface area contributed by atoms with Gasteiger partial charge in [-0.15, -0.1) is 0 Å². The van der Waals surface area contributed by atoms with Crippen LogP contribution in [0, 0.1) is 22.7 Å². The lowest BCUT2D eigenvalue weighted by Gasteiger charge is -2.31. The van der Waals surface area contributed by atoms with Crippen molar-refractivity contribution in [2.24, 2.45) is 0 Å². The molecular weight excluding hydrogens is 508 g/mol. The average Bonchev–Trinajstić information content (AvgIpc) is 3.01. The van der Waals surface area contributed by atoms with Crippen LogP contribution >= 0.6 is 0 Å². The van der Waals surface area contributed by atoms with Crippen molar-refractivity contribution >= 4 is 6.29 Å². The summed E-state index contributed by atoms with van der Waals surface area (Å²) < 4.78 is 12.2. The van der Waals surface area contributed by atoms with Crippen molar-refractivity contribution in [3.63, 3.8) is 0 Å². The van der Waals surface area contributed by atoms with Crippen molar-refractivity contribution in [1.29, 1.82) is 10.5 Å². The molecule has 0 unspecified atom stereocenters. The second kappa shape index (κ2) is 13.5. The Hall–Kier alpha value is -4.09. The molecule has 2 aliphatic carbocycles. The number of unbranched alkanes of at least 4 members (excludes halogenated alkanes) is 6. The van der Waals surface area contributed by atoms with E-state index in [1.54, 1.807) is 0 Å². The van der Waals surface area contributed by atoms with Gasteiger partial charge in [-0.05, 0) is 120 Å². The Morgan fingerprint density at radius 3 is 1.68 bits per heavy atom. The molecule has 0 atom stereocenters. The predicted molar refractivity (Wildman–Crippen MR) is 161 cm³/mol. The number of nitrogens with zero attached hydrogens (tertiary/aromatic N) is 2. The van der Waals surface area contributed by atoms with E-state index in [0.717, 1.165) is 109 Å². The molecule has 0 saturated heterocycles. The van der Waals surface area contributed by atoms with E-state index in [0.29, 0.717) is 24.2 Å². The third kappa shape index (κ3) is 6.01. The fraction of sp³-hybridized carbons (Fsp3) is 0.417. The molecule has 0 spiro atoms. The molecule has 0 fully saturated rings. The summed E-state index contributed by atoms with van der Waals surface area (Å²) in [4.78, 5) is 10.5. The lowest BCUT2D eigenvalue weighted by atomic mass is 9.72. The maximum atomic E-state index is 10.5. The van der Waals surface area contributed by atoms with Gasteiger partial charge in [0.05, 0.1) is 24.3 Å². The summed E-state index contributed by atoms with van der Waals surface area (Å²) in [6.45, 7) is 3.57. The number of benzene rings is 3. The summed E-state index contributed by atoms with van der Waals surface area (Å²) in [7, 11) is 0. The van der Waals surface area contributed by atoms with Crippen LogP contribution in [0.15, 0.2) is 36.4 Å². The highest BCUT2D eigenvalue weighted by atomic mass is 16.5. The van der Waals surface area contributed by atoms with E-state index in [9.17, 15) is 15.3 Å². The molecule has 210 valence electrons. The molecular formula is C36H38N2O3. The van der Waals surface area contributed by atoms with Crippen molar-refractivity contribution in [2.75, 3.05) is 13.2 Å². The van der Waals surface area contributed by atoms with E-state index in [4.69, 9.17) is 9.47 Å². The standard InChI is InChI=1S/C36H38N2O3/c1-2-3-4-8-19-40-27-12-16-29-25(21-27)10-14-31-33(23-37)34(24-38)32-15-11-26-22-28(41-20-9-6-5-7-18-39)13-17-30(26)36(32)35(29)31/h12-13,16-18,21-22H,2-11,14-15,19-20H2,1H3. The smallest absolute Gasteiger partial charge is 0.119 e. The van der Waals surface area contributed by atoms with Crippen LogP contribution in [0.2, 0.25) is 0 Å². The summed E-state index contributed by atoms with van der Waals surface area (Å²) in [5.41, 5.74) is 10.0. The van der Waals surface area contributed by atoms with Gasteiger partial charge in [-0.1, -0.05) is 38.3 Å². The number of hydrogen-bond donors (Lipinski definition) is 0. The van der Waals surface area contributed by atoms with E-state index < -0.39 is 0 Å². The quantitative estimate of drug-likeness (QED) is 0.160. The molecule has 0 saturated carbocycles. The van der Waals surface area contributed by atoms with Gasteiger partial charge in [-0.2, -0.15) is 10.5 Å². The highest BCUT2D eigenvalue weighted by molar-refractivity contribution is 5.95. The number of ether oxygens (including phenoxy) is 2. The fourth-order valence-corrected chi connectivity index (χ4v) is 6.35. The minimum Gasteiger partial charge on any atom is -0.494 e. The van der Waals surface area contributed by atoms with Crippen molar-refractivity contribution in [3.05, 3.63) is 69.8 Å². The molecule has 0 N–H and O–H groups in total. The van der Waals surface area contributed by atoms with Crippen LogP contribution in [0.1, 0.15) is 91.7 Å². The van der Waals surface area contributed by atoms with Gasteiger partial charge in [0.2, 0.25) is 0 Å². The van der Waals surface area contributed by atoms with Gasteiger partial charge in [0.15, 0.2) is 0 Å². The molecule has 0 heterocycles. The van der Waals surface area contributed by atoms with E-state index in [1.165, 1.54) is 30.4 Å². The summed E-state index contributed by atoms with van der Waals surface area (Å²) in [5, 5.41) is 20.4. The van der Waals surface area contributed by atoms with E-state index in [-0.39, 0.29) is 0 Å². The lowest BCUT2D eigenvalue weighted by molar-refractivity contribution is -0.107. The van der Waals surface area contributed by atoms with Gasteiger partial charge in [0.25, 0.3) is 0 Å². The zero-order valence-corrected chi connectivity index (χ0v) is 24.1. The molecule has 0 amide bonds. The van der Waals surface area contributed by atoms with Crippen molar-refractivity contribution in [3.8, 4) is 45.9 Å². The molecule has 3 aromatic carbocycles. The number of nitriles is 2. The molecule has 3 aromatic rings. The largest absolute Gasteiger partial charge is 0.494 e. The normalized spacial score (nSPS) is 12.7. The number of aryl methyl sites for hydroxylation is 2. The molecule has 0 aliphatic heterocycles. The Balaban J connectivity index is 1.49. The Kier molecular flexibility index (Phi) is 9.37. The number of fused-ring (bicyclic) bond motifs is 7. The van der Waals surface area contributed by atoms with Gasteiger partial charge in [0, 0.05) is 6.42 Å². The summed E-state index contributed by atoms with van der Waals surface area (Å²) >= 11 is 0. The van der Waals surface area contributed by atoms with E-state index >= 15 is 0 Å². The van der Waals surface area contributed by atoms with Crippen LogP contribution in [0.4, 0.5) is 0 Å². The number of hydrogen-bond acceptors (Lipinski definition) is 5. The summed E-state index contributed by atoms with van der Waals surface area (Å²) in [5.74, 6) is 1.76. The second-order valence-electron chi connectivity index (χ2n) is 11.1. The van der Waals surface area contributed by atoms with Gasteiger partial charge in [-0.3, -0.25) is 0 Å². The van der Waals surface area contributed by atoms with Crippen LogP contribution in [-0.4, -0.2) is 19.5 Å². The predicted octanol–water partition coefficient (Wildman–Crippen LogP) is 8.06. The summed E-state index contributed by atoms with van der Waals surface area (Å²) in [6, 6.07) is 17.5. The number of carbonyl (C=O) groups is 1. The maximum absolute atomic E-state index is 10.5. The van der Waals surface area contributed by atoms with E-state index in [2.05, 4.69) is 49.4 Å². The highest BCUT2D eigenvalue weighted by Crippen LogP contribution is 2.49. The first-order chi connectivity index (χ1) is 20.2. The molecule has 0 aromatic heterocycles. The minimum atomic E-state index is 0.540. The monoisotopic (exact) mass is 546 g/mol. The first-order valence-corrected chi connectivity index (χ1v) is 15.2. The van der Waals surface area contributed by atoms with Gasteiger partial charge < -0.3 is 14.3 Å². The SMILES string of the molecule is CCCCCCOc1ccc2c(c1)CCc1c(C#N)c(C#N)c3c(c1-2)-c1ccc(OCCCCCC=O)cc1CC3. The first kappa shape index (κ1) is 28.4. The third-order valence-electron chi connectivity index (χ3n) is 8.41. The van der Waals surface area contributed by atoms with Crippen LogP contribution in [0.3, 0.4) is 0 Å². The Labute approximate surface area is 243 Å². The van der Waals surface area contributed by atoms with Crippen LogP contribution in [0.25, 0.3) is 22.3 Å². The highest BCUT2D eigenvalue weighted by Gasteiger charge is 2.32. The van der Waals surface area contributed by atoms with Crippen LogP contribution in [-0.2, 0) is 30.5 Å². The molecule has 0 radical (unpaired) electrons. The third-order valence-corrected chi connectivity index (χ3v) is 8.41. The average molecular weight is 547 g/mol. The Morgan fingerprint density at radius 2 is 1.22 bits per heavy atom. The molecule has 2 aliphatic rings. The van der Waals surface area contributed by atoms with Gasteiger partial charge in [-0.25, -0.2) is 0 Å². The lowest BCUT2D eigenvalue weighted by Crippen LogP contribution is -2.16. The molecule has 5 heteroatoms. The summed E-state index contributed by atoms with van der Waals surface area (Å²) in [6.07, 6.45) is 12.1. The number of aldehydes is 1. The Bertz CT molecular complexity index is 1510. The topological polar surface area (TPSA) is 83.1 Å². The van der Waals surface area contributed by atoms with Gasteiger partial charge in [0.1, 0.15) is 29.9 Å². The first-order valence-electron chi connectivity index (χ1n) is 15.2. The molecule has 5 nitrogen and oxygen atoms in total. The van der Waals surface area contributed by atoms with Crippen molar-refractivity contribution < 1.29 is 14.3 Å². The van der Waals surface area contributed by atoms with Crippen LogP contribution in [0.5, 0.6) is 11.5 Å². The van der Waals surface area contributed by atoms with E-state index in [1.807, 2.05) is 6.07 Å². The minimum absolute atomic E-state index is 0.540. The maximum Gasteiger partial charge on any atom is 0.119 e. The number of rotatable bonds is 13. The molecule has 41 heavy (non-hydrogen) atoms. The zero-order valence-electron chi connectivity index (χ0n) is 24.1. The molecule has 5 rings (SSSR count). The number of carbonyl (C=O) groups excluding carboxylic acids is 1. The van der Waals surface area contributed by atoms with Crippen LogP contribution < -0.4 is 9.47 Å². The molecule has 0 bridgehead atoms. The Morgan fingerprint density at radius 1 is 0.707 bits per heavy atom.